The lowest BCUT2D eigenvalue weighted by molar-refractivity contribution is 0.0954. The Morgan fingerprint density at radius 3 is 2.52 bits per heavy atom. The Hall–Kier alpha value is -2.57. The van der Waals surface area contributed by atoms with Crippen LogP contribution in [0.4, 0.5) is 4.39 Å². The molecule has 0 bridgehead atoms. The van der Waals surface area contributed by atoms with Gasteiger partial charge in [-0.2, -0.15) is 0 Å². The predicted molar refractivity (Wildman–Crippen MR) is 107 cm³/mol. The lowest BCUT2D eigenvalue weighted by Crippen LogP contribution is -2.21. The number of hydrogen-bond acceptors (Lipinski definition) is 4. The zero-order valence-electron chi connectivity index (χ0n) is 15.4. The fraction of sp³-hybridized carbons (Fsp3) is 0.238. The molecule has 0 radical (unpaired) electrons. The standard InChI is InChI=1S/C21H22FN3OS/c1-25(2)12-11-15-7-9-16(10-8-15)13-23-20(26)19-14-24-21(27-19)17-5-3-4-6-18(17)22/h3-10,14H,11-13H2,1-2H3,(H,23,26). The highest BCUT2D eigenvalue weighted by molar-refractivity contribution is 7.16. The van der Waals surface area contributed by atoms with Gasteiger partial charge in [0, 0.05) is 18.7 Å². The SMILES string of the molecule is CN(C)CCc1ccc(CNC(=O)c2cnc(-c3ccccc3F)s2)cc1. The molecule has 0 aliphatic rings. The second-order valence-electron chi connectivity index (χ2n) is 6.56. The van der Waals surface area contributed by atoms with Crippen LogP contribution >= 0.6 is 11.3 Å². The summed E-state index contributed by atoms with van der Waals surface area (Å²) in [5.74, 6) is -0.542. The van der Waals surface area contributed by atoms with Crippen LogP contribution in [0.3, 0.4) is 0 Å². The quantitative estimate of drug-likeness (QED) is 0.671. The fourth-order valence-electron chi connectivity index (χ4n) is 2.58. The van der Waals surface area contributed by atoms with Crippen LogP contribution in [0.5, 0.6) is 0 Å². The lowest BCUT2D eigenvalue weighted by atomic mass is 10.1. The number of rotatable bonds is 7. The zero-order chi connectivity index (χ0) is 19.2. The summed E-state index contributed by atoms with van der Waals surface area (Å²) in [4.78, 5) is 19.2. The molecule has 0 fully saturated rings. The first kappa shape index (κ1) is 19.2. The molecule has 0 unspecified atom stereocenters. The highest BCUT2D eigenvalue weighted by atomic mass is 32.1. The Kier molecular flexibility index (Phi) is 6.32. The first-order valence-corrected chi connectivity index (χ1v) is 9.56. The molecule has 2 aromatic carbocycles. The molecule has 3 aromatic rings. The minimum atomic E-state index is -0.340. The molecule has 1 heterocycles. The summed E-state index contributed by atoms with van der Waals surface area (Å²) in [5, 5.41) is 3.40. The number of hydrogen-bond donors (Lipinski definition) is 1. The molecular formula is C21H22FN3OS. The van der Waals surface area contributed by atoms with Crippen molar-refractivity contribution < 1.29 is 9.18 Å². The number of nitrogens with one attached hydrogen (secondary N) is 1. The van der Waals surface area contributed by atoms with Gasteiger partial charge in [0.1, 0.15) is 15.7 Å². The Morgan fingerprint density at radius 1 is 1.11 bits per heavy atom. The van der Waals surface area contributed by atoms with Crippen molar-refractivity contribution >= 4 is 17.2 Å². The first-order valence-electron chi connectivity index (χ1n) is 8.74. The number of likely N-dealkylation sites (N-methyl/N-ethyl adjacent to an activating group) is 1. The van der Waals surface area contributed by atoms with Gasteiger partial charge >= 0.3 is 0 Å². The monoisotopic (exact) mass is 383 g/mol. The molecular weight excluding hydrogens is 361 g/mol. The number of thiazole rings is 1. The van der Waals surface area contributed by atoms with Gasteiger partial charge in [0.05, 0.1) is 6.20 Å². The van der Waals surface area contributed by atoms with E-state index in [1.54, 1.807) is 18.2 Å². The van der Waals surface area contributed by atoms with Crippen LogP contribution in [-0.4, -0.2) is 36.4 Å². The van der Waals surface area contributed by atoms with Crippen molar-refractivity contribution in [3.8, 4) is 10.6 Å². The third-order valence-electron chi connectivity index (χ3n) is 4.16. The number of benzene rings is 2. The molecule has 1 N–H and O–H groups in total. The van der Waals surface area contributed by atoms with Crippen molar-refractivity contribution in [1.29, 1.82) is 0 Å². The third-order valence-corrected chi connectivity index (χ3v) is 5.19. The van der Waals surface area contributed by atoms with Crippen LogP contribution in [0.1, 0.15) is 20.8 Å². The molecule has 140 valence electrons. The molecule has 1 aromatic heterocycles. The number of amides is 1. The van der Waals surface area contributed by atoms with E-state index in [1.807, 2.05) is 12.1 Å². The summed E-state index contributed by atoms with van der Waals surface area (Å²) in [6.07, 6.45) is 2.49. The topological polar surface area (TPSA) is 45.2 Å². The molecule has 0 spiro atoms. The van der Waals surface area contributed by atoms with Gasteiger partial charge in [-0.3, -0.25) is 4.79 Å². The van der Waals surface area contributed by atoms with Gasteiger partial charge in [-0.05, 0) is 43.8 Å². The lowest BCUT2D eigenvalue weighted by Gasteiger charge is -2.10. The largest absolute Gasteiger partial charge is 0.347 e. The zero-order valence-corrected chi connectivity index (χ0v) is 16.2. The number of aromatic nitrogens is 1. The molecule has 1 amide bonds. The van der Waals surface area contributed by atoms with E-state index in [-0.39, 0.29) is 11.7 Å². The van der Waals surface area contributed by atoms with E-state index in [0.717, 1.165) is 18.5 Å². The van der Waals surface area contributed by atoms with Gasteiger partial charge < -0.3 is 10.2 Å². The molecule has 4 nitrogen and oxygen atoms in total. The Balaban J connectivity index is 1.58. The number of carbonyl (C=O) groups excluding carboxylic acids is 1. The van der Waals surface area contributed by atoms with Crippen molar-refractivity contribution in [2.24, 2.45) is 0 Å². The van der Waals surface area contributed by atoms with E-state index in [9.17, 15) is 9.18 Å². The molecule has 0 atom stereocenters. The van der Waals surface area contributed by atoms with Crippen molar-refractivity contribution in [1.82, 2.24) is 15.2 Å². The first-order chi connectivity index (χ1) is 13.0. The average molecular weight is 383 g/mol. The van der Waals surface area contributed by atoms with Crippen LogP contribution in [-0.2, 0) is 13.0 Å². The minimum Gasteiger partial charge on any atom is -0.347 e. The van der Waals surface area contributed by atoms with Gasteiger partial charge in [0.2, 0.25) is 0 Å². The van der Waals surface area contributed by atoms with E-state index in [2.05, 4.69) is 41.4 Å². The molecule has 0 aliphatic carbocycles. The highest BCUT2D eigenvalue weighted by Crippen LogP contribution is 2.27. The van der Waals surface area contributed by atoms with Crippen LogP contribution < -0.4 is 5.32 Å². The van der Waals surface area contributed by atoms with Crippen LogP contribution in [0, 0.1) is 5.82 Å². The molecule has 3 rings (SSSR count). The number of nitrogens with zero attached hydrogens (tertiary/aromatic N) is 2. The fourth-order valence-corrected chi connectivity index (χ4v) is 3.44. The van der Waals surface area contributed by atoms with E-state index >= 15 is 0 Å². The second-order valence-corrected chi connectivity index (χ2v) is 7.59. The van der Waals surface area contributed by atoms with E-state index in [0.29, 0.717) is 22.0 Å². The van der Waals surface area contributed by atoms with Gasteiger partial charge in [-0.1, -0.05) is 36.4 Å². The molecule has 6 heteroatoms. The van der Waals surface area contributed by atoms with Crippen LogP contribution in [0.2, 0.25) is 0 Å². The summed E-state index contributed by atoms with van der Waals surface area (Å²) in [6.45, 7) is 1.45. The van der Waals surface area contributed by atoms with Crippen LogP contribution in [0.15, 0.2) is 54.7 Å². The van der Waals surface area contributed by atoms with E-state index in [4.69, 9.17) is 0 Å². The van der Waals surface area contributed by atoms with Crippen molar-refractivity contribution in [2.45, 2.75) is 13.0 Å². The summed E-state index contributed by atoms with van der Waals surface area (Å²) in [5.41, 5.74) is 2.72. The third kappa shape index (κ3) is 5.21. The van der Waals surface area contributed by atoms with Crippen molar-refractivity contribution in [3.63, 3.8) is 0 Å². The average Bonchev–Trinajstić information content (AvgIpc) is 3.15. The van der Waals surface area contributed by atoms with Gasteiger partial charge in [0.15, 0.2) is 0 Å². The summed E-state index contributed by atoms with van der Waals surface area (Å²) in [6, 6.07) is 14.7. The maximum atomic E-state index is 13.9. The molecule has 0 aliphatic heterocycles. The molecule has 0 saturated heterocycles. The van der Waals surface area contributed by atoms with Gasteiger partial charge in [-0.15, -0.1) is 11.3 Å². The van der Waals surface area contributed by atoms with E-state index in [1.165, 1.54) is 29.2 Å². The maximum Gasteiger partial charge on any atom is 0.263 e. The van der Waals surface area contributed by atoms with Crippen molar-refractivity contribution in [2.75, 3.05) is 20.6 Å². The Bertz CT molecular complexity index is 906. The van der Waals surface area contributed by atoms with Gasteiger partial charge in [-0.25, -0.2) is 9.37 Å². The van der Waals surface area contributed by atoms with Crippen LogP contribution in [0.25, 0.3) is 10.6 Å². The summed E-state index contributed by atoms with van der Waals surface area (Å²) in [7, 11) is 4.11. The maximum absolute atomic E-state index is 13.9. The Morgan fingerprint density at radius 2 is 1.81 bits per heavy atom. The highest BCUT2D eigenvalue weighted by Gasteiger charge is 2.13. The summed E-state index contributed by atoms with van der Waals surface area (Å²) >= 11 is 1.19. The van der Waals surface area contributed by atoms with E-state index < -0.39 is 0 Å². The van der Waals surface area contributed by atoms with Gasteiger partial charge in [0.25, 0.3) is 5.91 Å². The number of halogens is 1. The smallest absolute Gasteiger partial charge is 0.263 e. The molecule has 27 heavy (non-hydrogen) atoms. The second kappa shape index (κ2) is 8.88. The van der Waals surface area contributed by atoms with Crippen molar-refractivity contribution in [3.05, 3.63) is 76.5 Å². The number of carbonyl (C=O) groups is 1. The molecule has 0 saturated carbocycles. The summed E-state index contributed by atoms with van der Waals surface area (Å²) < 4.78 is 13.9. The minimum absolute atomic E-state index is 0.202. The normalized spacial score (nSPS) is 11.0. The Labute approximate surface area is 162 Å². The predicted octanol–water partition coefficient (Wildman–Crippen LogP) is 3.98.